The van der Waals surface area contributed by atoms with Crippen LogP contribution in [0.3, 0.4) is 0 Å². The van der Waals surface area contributed by atoms with Crippen molar-refractivity contribution in [3.8, 4) is 0 Å². The second kappa shape index (κ2) is 6.81. The largest absolute Gasteiger partial charge is 0.369 e. The molecule has 4 nitrogen and oxygen atoms in total. The minimum Gasteiger partial charge on any atom is -0.369 e. The first-order valence-corrected chi connectivity index (χ1v) is 7.03. The first-order valence-electron chi connectivity index (χ1n) is 7.03. The van der Waals surface area contributed by atoms with Gasteiger partial charge in [-0.15, -0.1) is 0 Å². The summed E-state index contributed by atoms with van der Waals surface area (Å²) >= 11 is 0. The van der Waals surface area contributed by atoms with Gasteiger partial charge < -0.3 is 11.1 Å². The normalized spacial score (nSPS) is 17.3. The zero-order valence-corrected chi connectivity index (χ0v) is 11.9. The number of nitrogens with one attached hydrogen (secondary N) is 1. The molecule has 20 heavy (non-hydrogen) atoms. The third-order valence-corrected chi connectivity index (χ3v) is 3.85. The van der Waals surface area contributed by atoms with Crippen molar-refractivity contribution in [1.82, 2.24) is 10.2 Å². The number of hydrogen-bond donors (Lipinski definition) is 2. The van der Waals surface area contributed by atoms with E-state index in [9.17, 15) is 9.18 Å². The van der Waals surface area contributed by atoms with Crippen molar-refractivity contribution in [3.05, 3.63) is 35.1 Å². The quantitative estimate of drug-likeness (QED) is 0.851. The minimum atomic E-state index is -0.265. The Morgan fingerprint density at radius 1 is 1.45 bits per heavy atom. The van der Waals surface area contributed by atoms with Gasteiger partial charge in [-0.2, -0.15) is 0 Å². The second-order valence-corrected chi connectivity index (χ2v) is 5.47. The molecule has 1 aromatic rings. The number of piperidine rings is 1. The van der Waals surface area contributed by atoms with Crippen LogP contribution < -0.4 is 11.1 Å². The summed E-state index contributed by atoms with van der Waals surface area (Å²) in [4.78, 5) is 12.9. The van der Waals surface area contributed by atoms with Crippen molar-refractivity contribution in [2.45, 2.75) is 32.4 Å². The molecule has 1 amide bonds. The Morgan fingerprint density at radius 3 is 2.75 bits per heavy atom. The van der Waals surface area contributed by atoms with Crippen LogP contribution in [0, 0.1) is 12.7 Å². The maximum atomic E-state index is 13.0. The van der Waals surface area contributed by atoms with Crippen LogP contribution in [0.15, 0.2) is 18.2 Å². The van der Waals surface area contributed by atoms with Crippen molar-refractivity contribution >= 4 is 5.91 Å². The molecule has 0 radical (unpaired) electrons. The van der Waals surface area contributed by atoms with Crippen LogP contribution in [0.5, 0.6) is 0 Å². The summed E-state index contributed by atoms with van der Waals surface area (Å²) in [7, 11) is 0. The van der Waals surface area contributed by atoms with Crippen molar-refractivity contribution in [2.24, 2.45) is 5.73 Å². The van der Waals surface area contributed by atoms with Crippen LogP contribution in [-0.4, -0.2) is 36.5 Å². The van der Waals surface area contributed by atoms with Gasteiger partial charge >= 0.3 is 0 Å². The standard InChI is InChI=1S/C15H22FN3O/c1-11-8-13(16)3-2-12(11)9-18-14-4-6-19(7-5-14)10-15(17)20/h2-3,8,14,18H,4-7,9-10H2,1H3,(H2,17,20). The predicted molar refractivity (Wildman–Crippen MR) is 76.6 cm³/mol. The van der Waals surface area contributed by atoms with Gasteiger partial charge in [0.05, 0.1) is 6.54 Å². The lowest BCUT2D eigenvalue weighted by Gasteiger charge is -2.31. The maximum Gasteiger partial charge on any atom is 0.231 e. The molecule has 0 aliphatic carbocycles. The Morgan fingerprint density at radius 2 is 2.15 bits per heavy atom. The molecule has 1 aromatic carbocycles. The third-order valence-electron chi connectivity index (χ3n) is 3.85. The highest BCUT2D eigenvalue weighted by Crippen LogP contribution is 2.13. The zero-order chi connectivity index (χ0) is 14.5. The zero-order valence-electron chi connectivity index (χ0n) is 11.9. The Labute approximate surface area is 119 Å². The molecule has 110 valence electrons. The molecular weight excluding hydrogens is 257 g/mol. The first kappa shape index (κ1) is 14.9. The Balaban J connectivity index is 1.77. The Hall–Kier alpha value is -1.46. The van der Waals surface area contributed by atoms with Crippen LogP contribution in [-0.2, 0) is 11.3 Å². The monoisotopic (exact) mass is 279 g/mol. The van der Waals surface area contributed by atoms with E-state index in [1.807, 2.05) is 13.0 Å². The third kappa shape index (κ3) is 4.28. The van der Waals surface area contributed by atoms with Crippen molar-refractivity contribution in [2.75, 3.05) is 19.6 Å². The first-order chi connectivity index (χ1) is 9.54. The summed E-state index contributed by atoms with van der Waals surface area (Å²) in [6.07, 6.45) is 2.01. The summed E-state index contributed by atoms with van der Waals surface area (Å²) in [5, 5.41) is 3.51. The average Bonchev–Trinajstić information content (AvgIpc) is 2.39. The number of hydrogen-bond acceptors (Lipinski definition) is 3. The van der Waals surface area contributed by atoms with Crippen molar-refractivity contribution in [3.63, 3.8) is 0 Å². The lowest BCUT2D eigenvalue weighted by atomic mass is 10.0. The van der Waals surface area contributed by atoms with Gasteiger partial charge in [0.1, 0.15) is 5.82 Å². The predicted octanol–water partition coefficient (Wildman–Crippen LogP) is 1.17. The topological polar surface area (TPSA) is 58.4 Å². The molecule has 1 aliphatic rings. The highest BCUT2D eigenvalue weighted by molar-refractivity contribution is 5.75. The van der Waals surface area contributed by atoms with Gasteiger partial charge in [0.25, 0.3) is 0 Å². The molecule has 1 heterocycles. The molecule has 0 unspecified atom stereocenters. The number of benzene rings is 1. The molecular formula is C15H22FN3O. The average molecular weight is 279 g/mol. The molecule has 2 rings (SSSR count). The van der Waals surface area contributed by atoms with Crippen LogP contribution >= 0.6 is 0 Å². The van der Waals surface area contributed by atoms with Crippen LogP contribution in [0.1, 0.15) is 24.0 Å². The smallest absolute Gasteiger partial charge is 0.231 e. The fourth-order valence-corrected chi connectivity index (χ4v) is 2.63. The van der Waals surface area contributed by atoms with Crippen molar-refractivity contribution in [1.29, 1.82) is 0 Å². The second-order valence-electron chi connectivity index (χ2n) is 5.47. The lowest BCUT2D eigenvalue weighted by molar-refractivity contribution is -0.119. The van der Waals surface area contributed by atoms with E-state index in [4.69, 9.17) is 5.73 Å². The fraction of sp³-hybridized carbons (Fsp3) is 0.533. The molecule has 5 heteroatoms. The molecule has 0 saturated carbocycles. The summed E-state index contributed by atoms with van der Waals surface area (Å²) in [6, 6.07) is 5.34. The van der Waals surface area contributed by atoms with E-state index in [2.05, 4.69) is 10.2 Å². The molecule has 1 saturated heterocycles. The Bertz CT molecular complexity index is 470. The SMILES string of the molecule is Cc1cc(F)ccc1CNC1CCN(CC(N)=O)CC1. The number of carbonyl (C=O) groups is 1. The molecule has 0 bridgehead atoms. The number of nitrogens with zero attached hydrogens (tertiary/aromatic N) is 1. The number of likely N-dealkylation sites (tertiary alicyclic amines) is 1. The lowest BCUT2D eigenvalue weighted by Crippen LogP contribution is -2.45. The molecule has 1 fully saturated rings. The minimum absolute atomic E-state index is 0.189. The molecule has 0 spiro atoms. The van der Waals surface area contributed by atoms with Gasteiger partial charge in [0.15, 0.2) is 0 Å². The molecule has 3 N–H and O–H groups in total. The van der Waals surface area contributed by atoms with E-state index >= 15 is 0 Å². The number of rotatable bonds is 5. The summed E-state index contributed by atoms with van der Waals surface area (Å²) in [6.45, 7) is 4.82. The summed E-state index contributed by atoms with van der Waals surface area (Å²) < 4.78 is 13.0. The van der Waals surface area contributed by atoms with Gasteiger partial charge in [0.2, 0.25) is 5.91 Å². The van der Waals surface area contributed by atoms with Crippen LogP contribution in [0.2, 0.25) is 0 Å². The van der Waals surface area contributed by atoms with E-state index in [1.165, 1.54) is 6.07 Å². The van der Waals surface area contributed by atoms with Crippen molar-refractivity contribution < 1.29 is 9.18 Å². The van der Waals surface area contributed by atoms with E-state index in [0.29, 0.717) is 12.6 Å². The van der Waals surface area contributed by atoms with Crippen LogP contribution in [0.25, 0.3) is 0 Å². The number of aryl methyl sites for hydroxylation is 1. The summed E-state index contributed by atoms with van der Waals surface area (Å²) in [5.41, 5.74) is 7.30. The van der Waals surface area contributed by atoms with E-state index in [0.717, 1.165) is 43.6 Å². The number of primary amides is 1. The van der Waals surface area contributed by atoms with Gasteiger partial charge in [0, 0.05) is 25.7 Å². The highest BCUT2D eigenvalue weighted by atomic mass is 19.1. The molecule has 0 aromatic heterocycles. The number of amides is 1. The number of halogens is 1. The van der Waals surface area contributed by atoms with Gasteiger partial charge in [-0.05, 0) is 43.0 Å². The number of nitrogens with two attached hydrogens (primary N) is 1. The van der Waals surface area contributed by atoms with E-state index < -0.39 is 0 Å². The summed E-state index contributed by atoms with van der Waals surface area (Å²) in [5.74, 6) is -0.454. The number of carbonyl (C=O) groups excluding carboxylic acids is 1. The van der Waals surface area contributed by atoms with Gasteiger partial charge in [-0.25, -0.2) is 4.39 Å². The van der Waals surface area contributed by atoms with E-state index in [-0.39, 0.29) is 11.7 Å². The molecule has 0 atom stereocenters. The van der Waals surface area contributed by atoms with Gasteiger partial charge in [-0.3, -0.25) is 9.69 Å². The maximum absolute atomic E-state index is 13.0. The molecule has 1 aliphatic heterocycles. The van der Waals surface area contributed by atoms with E-state index in [1.54, 1.807) is 6.07 Å². The Kier molecular flexibility index (Phi) is 5.09. The fourth-order valence-electron chi connectivity index (χ4n) is 2.63. The highest BCUT2D eigenvalue weighted by Gasteiger charge is 2.19. The van der Waals surface area contributed by atoms with Crippen LogP contribution in [0.4, 0.5) is 4.39 Å². The van der Waals surface area contributed by atoms with Gasteiger partial charge in [-0.1, -0.05) is 6.07 Å².